The Bertz CT molecular complexity index is 912. The van der Waals surface area contributed by atoms with Crippen molar-refractivity contribution in [1.29, 1.82) is 0 Å². The van der Waals surface area contributed by atoms with Gasteiger partial charge < -0.3 is 34.2 Å². The fourth-order valence-electron chi connectivity index (χ4n) is 4.07. The Morgan fingerprint density at radius 3 is 1.65 bits per heavy atom. The summed E-state index contributed by atoms with van der Waals surface area (Å²) in [6, 6.07) is 2.22. The normalized spacial score (nSPS) is 19.6. The quantitative estimate of drug-likeness (QED) is 0.475. The van der Waals surface area contributed by atoms with Crippen LogP contribution in [0.1, 0.15) is 36.0 Å². The molecule has 2 N–H and O–H groups in total. The van der Waals surface area contributed by atoms with E-state index in [0.717, 1.165) is 0 Å². The van der Waals surface area contributed by atoms with Gasteiger partial charge in [-0.2, -0.15) is 0 Å². The second-order valence-electron chi connectivity index (χ2n) is 7.93. The van der Waals surface area contributed by atoms with Gasteiger partial charge in [0.05, 0.1) is 12.7 Å². The smallest absolute Gasteiger partial charge is 0.338 e. The lowest BCUT2D eigenvalue weighted by Gasteiger charge is -2.22. The molecule has 12 heteroatoms. The average Bonchev–Trinajstić information content (AvgIpc) is 3.50. The van der Waals surface area contributed by atoms with Gasteiger partial charge in [0, 0.05) is 19.2 Å². The Hall–Kier alpha value is -3.83. The summed E-state index contributed by atoms with van der Waals surface area (Å²) in [5, 5.41) is 18.5. The number of hydrogen-bond acceptors (Lipinski definition) is 8. The van der Waals surface area contributed by atoms with E-state index in [4.69, 9.17) is 14.2 Å². The van der Waals surface area contributed by atoms with Gasteiger partial charge in [-0.3, -0.25) is 9.59 Å². The number of carbonyl (C=O) groups excluding carboxylic acids is 3. The molecule has 2 aliphatic heterocycles. The molecule has 0 saturated carbocycles. The predicted molar refractivity (Wildman–Crippen MR) is 114 cm³/mol. The zero-order chi connectivity index (χ0) is 24.8. The van der Waals surface area contributed by atoms with Crippen LogP contribution in [0, 0.1) is 0 Å². The zero-order valence-electron chi connectivity index (χ0n) is 18.6. The molecule has 2 atom stereocenters. The minimum atomic E-state index is -1.08. The summed E-state index contributed by atoms with van der Waals surface area (Å²) < 4.78 is 15.7. The van der Waals surface area contributed by atoms with E-state index in [9.17, 15) is 34.2 Å². The number of nitrogens with zero attached hydrogens (tertiary/aromatic N) is 2. The first-order chi connectivity index (χ1) is 16.2. The first kappa shape index (κ1) is 24.8. The maximum absolute atomic E-state index is 12.5. The predicted octanol–water partition coefficient (Wildman–Crippen LogP) is 0.382. The van der Waals surface area contributed by atoms with Crippen LogP contribution in [0.15, 0.2) is 18.2 Å². The van der Waals surface area contributed by atoms with Gasteiger partial charge in [-0.25, -0.2) is 14.4 Å². The Morgan fingerprint density at radius 1 is 0.824 bits per heavy atom. The lowest BCUT2D eigenvalue weighted by atomic mass is 10.2. The van der Waals surface area contributed by atoms with Crippen LogP contribution in [-0.4, -0.2) is 95.2 Å². The molecule has 0 spiro atoms. The van der Waals surface area contributed by atoms with Gasteiger partial charge in [-0.05, 0) is 37.8 Å². The van der Waals surface area contributed by atoms with Crippen LogP contribution in [0.3, 0.4) is 0 Å². The van der Waals surface area contributed by atoms with Crippen molar-refractivity contribution in [3.63, 3.8) is 0 Å². The van der Waals surface area contributed by atoms with Crippen LogP contribution in [-0.2, 0) is 23.9 Å². The number of rotatable bonds is 9. The molecule has 1 aromatic rings. The summed E-state index contributed by atoms with van der Waals surface area (Å²) in [4.78, 5) is 62.0. The fourth-order valence-corrected chi connectivity index (χ4v) is 4.07. The fraction of sp³-hybridized carbons (Fsp3) is 0.500. The number of methoxy groups -OCH3 is 1. The maximum Gasteiger partial charge on any atom is 0.338 e. The molecule has 0 radical (unpaired) electrons. The minimum absolute atomic E-state index is 0.0454. The summed E-state index contributed by atoms with van der Waals surface area (Å²) in [5.41, 5.74) is 0.0454. The van der Waals surface area contributed by atoms with Crippen molar-refractivity contribution in [1.82, 2.24) is 9.80 Å². The largest absolute Gasteiger partial charge is 0.484 e. The highest BCUT2D eigenvalue weighted by Gasteiger charge is 2.35. The highest BCUT2D eigenvalue weighted by atomic mass is 16.5. The molecule has 0 unspecified atom stereocenters. The molecular weight excluding hydrogens is 452 g/mol. The number of ether oxygens (including phenoxy) is 3. The van der Waals surface area contributed by atoms with Crippen LogP contribution < -0.4 is 9.47 Å². The summed E-state index contributed by atoms with van der Waals surface area (Å²) in [6.07, 6.45) is 1.88. The number of esters is 1. The zero-order valence-corrected chi connectivity index (χ0v) is 18.6. The topological polar surface area (TPSA) is 160 Å². The molecule has 1 aromatic carbocycles. The highest BCUT2D eigenvalue weighted by molar-refractivity contribution is 5.90. The van der Waals surface area contributed by atoms with E-state index in [1.807, 2.05) is 0 Å². The number of carbonyl (C=O) groups is 5. The van der Waals surface area contributed by atoms with Gasteiger partial charge in [-0.15, -0.1) is 0 Å². The number of aliphatic carboxylic acids is 2. The Labute approximate surface area is 195 Å². The van der Waals surface area contributed by atoms with Crippen molar-refractivity contribution in [2.45, 2.75) is 37.8 Å². The second-order valence-corrected chi connectivity index (χ2v) is 7.93. The Morgan fingerprint density at radius 2 is 1.26 bits per heavy atom. The van der Waals surface area contributed by atoms with Crippen LogP contribution in [0.4, 0.5) is 0 Å². The van der Waals surface area contributed by atoms with Gasteiger partial charge in [-0.1, -0.05) is 0 Å². The van der Waals surface area contributed by atoms with Gasteiger partial charge in [0.25, 0.3) is 11.8 Å². The molecule has 12 nitrogen and oxygen atoms in total. The Kier molecular flexibility index (Phi) is 7.92. The van der Waals surface area contributed by atoms with E-state index in [1.165, 1.54) is 35.1 Å². The number of carboxylic acids is 2. The van der Waals surface area contributed by atoms with Crippen LogP contribution in [0.2, 0.25) is 0 Å². The lowest BCUT2D eigenvalue weighted by Crippen LogP contribution is -2.42. The molecule has 0 aromatic heterocycles. The first-order valence-electron chi connectivity index (χ1n) is 10.7. The average molecular weight is 478 g/mol. The van der Waals surface area contributed by atoms with E-state index < -0.39 is 55.0 Å². The molecule has 3 rings (SSSR count). The van der Waals surface area contributed by atoms with Crippen molar-refractivity contribution in [3.05, 3.63) is 23.8 Å². The van der Waals surface area contributed by atoms with Gasteiger partial charge in [0.1, 0.15) is 23.6 Å². The van der Waals surface area contributed by atoms with Crippen LogP contribution in [0.5, 0.6) is 11.5 Å². The van der Waals surface area contributed by atoms with Crippen LogP contribution in [0.25, 0.3) is 0 Å². The number of carboxylic acid groups (broad SMARTS) is 2. The molecule has 34 heavy (non-hydrogen) atoms. The number of hydrogen-bond donors (Lipinski definition) is 2. The molecule has 184 valence electrons. The van der Waals surface area contributed by atoms with E-state index in [1.54, 1.807) is 0 Å². The standard InChI is InChI=1S/C22H26N2O10/c1-32-22(31)13-8-14(33-11-18(25)23-6-2-4-16(23)20(27)28)10-15(9-13)34-12-19(26)24-7-3-5-17(24)21(29)30/h8-10,16-17H,2-7,11-12H2,1H3,(H,27,28)(H,29,30)/t16-,17-/m1/s1. The third-order valence-corrected chi connectivity index (χ3v) is 5.74. The van der Waals surface area contributed by atoms with Gasteiger partial charge in [0.15, 0.2) is 13.2 Å². The highest BCUT2D eigenvalue weighted by Crippen LogP contribution is 2.25. The van der Waals surface area contributed by atoms with Crippen molar-refractivity contribution < 1.29 is 48.4 Å². The van der Waals surface area contributed by atoms with E-state index >= 15 is 0 Å². The molecule has 2 aliphatic rings. The lowest BCUT2D eigenvalue weighted by molar-refractivity contribution is -0.149. The molecular formula is C22H26N2O10. The van der Waals surface area contributed by atoms with Crippen LogP contribution >= 0.6 is 0 Å². The summed E-state index contributed by atoms with van der Waals surface area (Å²) in [7, 11) is 1.18. The first-order valence-corrected chi connectivity index (χ1v) is 10.7. The minimum Gasteiger partial charge on any atom is -0.484 e. The van der Waals surface area contributed by atoms with Crippen molar-refractivity contribution in [2.75, 3.05) is 33.4 Å². The number of amides is 2. The SMILES string of the molecule is COC(=O)c1cc(OCC(=O)N2CCC[C@@H]2C(=O)O)cc(OCC(=O)N2CCC[C@@H]2C(=O)O)c1. The monoisotopic (exact) mass is 478 g/mol. The van der Waals surface area contributed by atoms with Gasteiger partial charge >= 0.3 is 17.9 Å². The molecule has 2 heterocycles. The third kappa shape index (κ3) is 5.74. The molecule has 2 fully saturated rings. The molecule has 2 saturated heterocycles. The van der Waals surface area contributed by atoms with Gasteiger partial charge in [0.2, 0.25) is 0 Å². The number of likely N-dealkylation sites (tertiary alicyclic amines) is 2. The third-order valence-electron chi connectivity index (χ3n) is 5.74. The molecule has 0 bridgehead atoms. The summed E-state index contributed by atoms with van der Waals surface area (Å²) in [5.74, 6) is -3.74. The maximum atomic E-state index is 12.5. The van der Waals surface area contributed by atoms with E-state index in [0.29, 0.717) is 38.8 Å². The summed E-state index contributed by atoms with van der Waals surface area (Å²) >= 11 is 0. The number of benzene rings is 1. The molecule has 0 aliphatic carbocycles. The van der Waals surface area contributed by atoms with E-state index in [2.05, 4.69) is 0 Å². The second kappa shape index (κ2) is 10.9. The molecule has 2 amide bonds. The summed E-state index contributed by atoms with van der Waals surface area (Å²) in [6.45, 7) is -0.293. The van der Waals surface area contributed by atoms with Crippen molar-refractivity contribution in [2.24, 2.45) is 0 Å². The van der Waals surface area contributed by atoms with Crippen molar-refractivity contribution >= 4 is 29.7 Å². The Balaban J connectivity index is 1.68. The van der Waals surface area contributed by atoms with Crippen molar-refractivity contribution in [3.8, 4) is 11.5 Å². The van der Waals surface area contributed by atoms with E-state index in [-0.39, 0.29) is 17.1 Å².